The van der Waals surface area contributed by atoms with Crippen molar-refractivity contribution in [1.82, 2.24) is 5.32 Å². The van der Waals surface area contributed by atoms with Crippen molar-refractivity contribution < 1.29 is 18.7 Å². The van der Waals surface area contributed by atoms with Gasteiger partial charge < -0.3 is 19.2 Å². The van der Waals surface area contributed by atoms with Crippen molar-refractivity contribution in [1.29, 1.82) is 0 Å². The maximum absolute atomic E-state index is 12.6. The molecule has 1 saturated carbocycles. The van der Waals surface area contributed by atoms with E-state index in [1.807, 2.05) is 30.3 Å². The van der Waals surface area contributed by atoms with Gasteiger partial charge in [-0.05, 0) is 42.7 Å². The summed E-state index contributed by atoms with van der Waals surface area (Å²) in [5.41, 5.74) is 0.508. The number of ether oxygens (including phenoxy) is 2. The highest BCUT2D eigenvalue weighted by Gasteiger charge is 2.51. The molecule has 1 N–H and O–H groups in total. The van der Waals surface area contributed by atoms with E-state index in [1.165, 1.54) is 0 Å². The van der Waals surface area contributed by atoms with Crippen LogP contribution >= 0.6 is 0 Å². The SMILES string of the molecule is COc1ccc(C2(C(=O)NCc3ccco3)CC2)cc1OC. The minimum absolute atomic E-state index is 0.0242. The van der Waals surface area contributed by atoms with Gasteiger partial charge in [-0.25, -0.2) is 0 Å². The monoisotopic (exact) mass is 301 g/mol. The number of rotatable bonds is 6. The van der Waals surface area contributed by atoms with Crippen molar-refractivity contribution in [3.05, 3.63) is 47.9 Å². The smallest absolute Gasteiger partial charge is 0.231 e. The van der Waals surface area contributed by atoms with Crippen LogP contribution in [0.4, 0.5) is 0 Å². The number of amides is 1. The van der Waals surface area contributed by atoms with Gasteiger partial charge in [0.2, 0.25) is 5.91 Å². The van der Waals surface area contributed by atoms with Crippen molar-refractivity contribution in [2.75, 3.05) is 14.2 Å². The molecule has 22 heavy (non-hydrogen) atoms. The lowest BCUT2D eigenvalue weighted by Crippen LogP contribution is -2.34. The van der Waals surface area contributed by atoms with Crippen LogP contribution in [-0.4, -0.2) is 20.1 Å². The Labute approximate surface area is 129 Å². The molecular weight excluding hydrogens is 282 g/mol. The van der Waals surface area contributed by atoms with Crippen LogP contribution in [0.2, 0.25) is 0 Å². The Balaban J connectivity index is 1.76. The van der Waals surface area contributed by atoms with Gasteiger partial charge in [-0.2, -0.15) is 0 Å². The van der Waals surface area contributed by atoms with Gasteiger partial charge in [-0.3, -0.25) is 4.79 Å². The number of nitrogens with one attached hydrogen (secondary N) is 1. The summed E-state index contributed by atoms with van der Waals surface area (Å²) < 4.78 is 15.8. The first kappa shape index (κ1) is 14.5. The normalized spacial score (nSPS) is 15.2. The van der Waals surface area contributed by atoms with Gasteiger partial charge in [-0.1, -0.05) is 6.07 Å². The van der Waals surface area contributed by atoms with Crippen LogP contribution < -0.4 is 14.8 Å². The predicted octanol–water partition coefficient (Wildman–Crippen LogP) is 2.64. The van der Waals surface area contributed by atoms with E-state index in [4.69, 9.17) is 13.9 Å². The molecule has 1 aliphatic carbocycles. The van der Waals surface area contributed by atoms with Gasteiger partial charge in [0.15, 0.2) is 11.5 Å². The van der Waals surface area contributed by atoms with Crippen LogP contribution in [-0.2, 0) is 16.8 Å². The standard InChI is InChI=1S/C17H19NO4/c1-20-14-6-5-12(10-15(14)21-2)17(7-8-17)16(19)18-11-13-4-3-9-22-13/h3-6,9-10H,7-8,11H2,1-2H3,(H,18,19). The Hall–Kier alpha value is -2.43. The lowest BCUT2D eigenvalue weighted by atomic mass is 9.94. The second-order valence-electron chi connectivity index (χ2n) is 5.41. The first-order chi connectivity index (χ1) is 10.7. The summed E-state index contributed by atoms with van der Waals surface area (Å²) in [4.78, 5) is 12.6. The van der Waals surface area contributed by atoms with Crippen LogP contribution in [0.25, 0.3) is 0 Å². The first-order valence-electron chi connectivity index (χ1n) is 7.23. The molecule has 1 heterocycles. The summed E-state index contributed by atoms with van der Waals surface area (Å²) >= 11 is 0. The minimum atomic E-state index is -0.452. The van der Waals surface area contributed by atoms with Gasteiger partial charge in [0.1, 0.15) is 5.76 Å². The van der Waals surface area contributed by atoms with Crippen LogP contribution in [0.5, 0.6) is 11.5 Å². The molecule has 1 amide bonds. The Morgan fingerprint density at radius 1 is 1.23 bits per heavy atom. The highest BCUT2D eigenvalue weighted by Crippen LogP contribution is 2.50. The molecule has 2 aromatic rings. The third-order valence-electron chi connectivity index (χ3n) is 4.12. The zero-order valence-electron chi connectivity index (χ0n) is 12.7. The van der Waals surface area contributed by atoms with Gasteiger partial charge in [-0.15, -0.1) is 0 Å². The van der Waals surface area contributed by atoms with E-state index in [1.54, 1.807) is 20.5 Å². The fourth-order valence-electron chi connectivity index (χ4n) is 2.66. The predicted molar refractivity (Wildman–Crippen MR) is 81.0 cm³/mol. The Bertz CT molecular complexity index is 659. The van der Waals surface area contributed by atoms with Crippen LogP contribution in [0.1, 0.15) is 24.2 Å². The molecule has 0 aliphatic heterocycles. The average molecular weight is 301 g/mol. The molecule has 1 aliphatic rings. The molecule has 5 heteroatoms. The summed E-state index contributed by atoms with van der Waals surface area (Å²) in [6.45, 7) is 0.404. The fourth-order valence-corrected chi connectivity index (χ4v) is 2.66. The molecule has 0 saturated heterocycles. The number of hydrogen-bond donors (Lipinski definition) is 1. The summed E-state index contributed by atoms with van der Waals surface area (Å²) in [5, 5.41) is 2.95. The Kier molecular flexibility index (Phi) is 3.79. The van der Waals surface area contributed by atoms with Gasteiger partial charge in [0.05, 0.1) is 32.4 Å². The van der Waals surface area contributed by atoms with E-state index in [0.717, 1.165) is 24.2 Å². The minimum Gasteiger partial charge on any atom is -0.493 e. The number of hydrogen-bond acceptors (Lipinski definition) is 4. The van der Waals surface area contributed by atoms with Crippen molar-refractivity contribution in [3.8, 4) is 11.5 Å². The maximum Gasteiger partial charge on any atom is 0.231 e. The molecule has 0 bridgehead atoms. The highest BCUT2D eigenvalue weighted by atomic mass is 16.5. The maximum atomic E-state index is 12.6. The van der Waals surface area contributed by atoms with Crippen LogP contribution in [0, 0.1) is 0 Å². The number of furan rings is 1. The molecule has 0 unspecified atom stereocenters. The summed E-state index contributed by atoms with van der Waals surface area (Å²) in [6, 6.07) is 9.31. The van der Waals surface area contributed by atoms with E-state index >= 15 is 0 Å². The second kappa shape index (κ2) is 5.75. The molecule has 116 valence electrons. The Morgan fingerprint density at radius 2 is 2.00 bits per heavy atom. The molecule has 1 aromatic heterocycles. The zero-order valence-corrected chi connectivity index (χ0v) is 12.7. The zero-order chi connectivity index (χ0) is 15.6. The number of carbonyl (C=O) groups is 1. The van der Waals surface area contributed by atoms with E-state index in [2.05, 4.69) is 5.32 Å². The molecule has 5 nitrogen and oxygen atoms in total. The van der Waals surface area contributed by atoms with Crippen molar-refractivity contribution in [2.45, 2.75) is 24.8 Å². The average Bonchev–Trinajstić information content (AvgIpc) is 3.21. The summed E-state index contributed by atoms with van der Waals surface area (Å²) in [7, 11) is 3.19. The number of methoxy groups -OCH3 is 2. The largest absolute Gasteiger partial charge is 0.493 e. The second-order valence-corrected chi connectivity index (χ2v) is 5.41. The summed E-state index contributed by atoms with van der Waals surface area (Å²) in [6.07, 6.45) is 3.28. The third-order valence-corrected chi connectivity index (χ3v) is 4.12. The van der Waals surface area contributed by atoms with Crippen molar-refractivity contribution >= 4 is 5.91 Å². The van der Waals surface area contributed by atoms with E-state index in [0.29, 0.717) is 18.0 Å². The first-order valence-corrected chi connectivity index (χ1v) is 7.23. The van der Waals surface area contributed by atoms with Gasteiger partial charge in [0, 0.05) is 0 Å². The van der Waals surface area contributed by atoms with E-state index in [-0.39, 0.29) is 5.91 Å². The molecule has 3 rings (SSSR count). The molecule has 1 fully saturated rings. The molecule has 0 atom stereocenters. The van der Waals surface area contributed by atoms with Crippen LogP contribution in [0.15, 0.2) is 41.0 Å². The molecule has 0 radical (unpaired) electrons. The number of benzene rings is 1. The lowest BCUT2D eigenvalue weighted by Gasteiger charge is -2.17. The molecular formula is C17H19NO4. The summed E-state index contributed by atoms with van der Waals surface area (Å²) in [5.74, 6) is 2.08. The quantitative estimate of drug-likeness (QED) is 0.891. The number of carbonyl (C=O) groups excluding carboxylic acids is 1. The van der Waals surface area contributed by atoms with E-state index in [9.17, 15) is 4.79 Å². The molecule has 1 aromatic carbocycles. The molecule has 0 spiro atoms. The van der Waals surface area contributed by atoms with Crippen molar-refractivity contribution in [2.24, 2.45) is 0 Å². The fraction of sp³-hybridized carbons (Fsp3) is 0.353. The van der Waals surface area contributed by atoms with E-state index < -0.39 is 5.41 Å². The van der Waals surface area contributed by atoms with Gasteiger partial charge >= 0.3 is 0 Å². The highest BCUT2D eigenvalue weighted by molar-refractivity contribution is 5.91. The van der Waals surface area contributed by atoms with Crippen molar-refractivity contribution in [3.63, 3.8) is 0 Å². The van der Waals surface area contributed by atoms with Gasteiger partial charge in [0.25, 0.3) is 0 Å². The topological polar surface area (TPSA) is 60.7 Å². The van der Waals surface area contributed by atoms with Crippen LogP contribution in [0.3, 0.4) is 0 Å². The Morgan fingerprint density at radius 3 is 2.59 bits per heavy atom. The third kappa shape index (κ3) is 2.54. The lowest BCUT2D eigenvalue weighted by molar-refractivity contribution is -0.123.